The lowest BCUT2D eigenvalue weighted by molar-refractivity contribution is 0.182. The molecule has 0 saturated carbocycles. The van der Waals surface area contributed by atoms with Crippen LogP contribution in [0.15, 0.2) is 12.1 Å². The molecular weight excluding hydrogens is 214 g/mol. The first-order valence-electron chi connectivity index (χ1n) is 6.07. The second-order valence-corrected chi connectivity index (χ2v) is 4.31. The van der Waals surface area contributed by atoms with Crippen LogP contribution in [0.5, 0.6) is 0 Å². The fourth-order valence-corrected chi connectivity index (χ4v) is 1.82. The van der Waals surface area contributed by atoms with Gasteiger partial charge in [-0.2, -0.15) is 0 Å². The molecule has 0 saturated heterocycles. The Bertz CT molecular complexity index is 341. The summed E-state index contributed by atoms with van der Waals surface area (Å²) in [6, 6.07) is 4.39. The molecule has 0 spiro atoms. The molecule has 17 heavy (non-hydrogen) atoms. The lowest BCUT2D eigenvalue weighted by Crippen LogP contribution is -2.26. The molecule has 96 valence electrons. The fraction of sp³-hybridized carbons (Fsp3) is 0.615. The normalized spacial score (nSPS) is 12.5. The third-order valence-electron chi connectivity index (χ3n) is 2.71. The molecule has 0 amide bonds. The number of hydrogen-bond donors (Lipinski definition) is 2. The summed E-state index contributed by atoms with van der Waals surface area (Å²) in [5.41, 5.74) is 8.68. The van der Waals surface area contributed by atoms with Crippen molar-refractivity contribution >= 4 is 5.69 Å². The Hall–Kier alpha value is -1.13. The summed E-state index contributed by atoms with van der Waals surface area (Å²) in [4.78, 5) is 4.44. The van der Waals surface area contributed by atoms with Crippen LogP contribution < -0.4 is 11.1 Å². The van der Waals surface area contributed by atoms with Gasteiger partial charge in [-0.1, -0.05) is 0 Å². The monoisotopic (exact) mass is 237 g/mol. The minimum atomic E-state index is 0.298. The molecule has 3 N–H and O–H groups in total. The van der Waals surface area contributed by atoms with E-state index in [0.29, 0.717) is 19.2 Å². The maximum atomic E-state index is 5.54. The first-order chi connectivity index (χ1) is 8.17. The Morgan fingerprint density at radius 2 is 2.18 bits per heavy atom. The zero-order valence-corrected chi connectivity index (χ0v) is 11.0. The fourth-order valence-electron chi connectivity index (χ4n) is 1.82. The summed E-state index contributed by atoms with van der Waals surface area (Å²) in [5.74, 6) is 0. The summed E-state index contributed by atoms with van der Waals surface area (Å²) >= 11 is 0. The van der Waals surface area contributed by atoms with E-state index in [1.807, 2.05) is 19.9 Å². The Kier molecular flexibility index (Phi) is 5.94. The van der Waals surface area contributed by atoms with Crippen LogP contribution >= 0.6 is 0 Å². The van der Waals surface area contributed by atoms with Crippen LogP contribution in [0.4, 0.5) is 5.69 Å². The Morgan fingerprint density at radius 3 is 2.76 bits per heavy atom. The minimum Gasteiger partial charge on any atom is -0.383 e. The number of hydrogen-bond acceptors (Lipinski definition) is 4. The lowest BCUT2D eigenvalue weighted by atomic mass is 10.1. The Balaban J connectivity index is 2.64. The number of aryl methyl sites for hydroxylation is 2. The average molecular weight is 237 g/mol. The number of nitrogens with zero attached hydrogens (tertiary/aromatic N) is 1. The summed E-state index contributed by atoms with van der Waals surface area (Å²) < 4.78 is 5.21. The first-order valence-corrected chi connectivity index (χ1v) is 6.07. The zero-order chi connectivity index (χ0) is 12.7. The topological polar surface area (TPSA) is 60.2 Å². The largest absolute Gasteiger partial charge is 0.383 e. The highest BCUT2D eigenvalue weighted by atomic mass is 16.5. The van der Waals surface area contributed by atoms with E-state index < -0.39 is 0 Å². The van der Waals surface area contributed by atoms with Gasteiger partial charge in [-0.3, -0.25) is 4.98 Å². The van der Waals surface area contributed by atoms with Gasteiger partial charge in [0.05, 0.1) is 18.0 Å². The van der Waals surface area contributed by atoms with Gasteiger partial charge in [0.25, 0.3) is 0 Å². The molecular formula is C13H23N3O. The van der Waals surface area contributed by atoms with Crippen molar-refractivity contribution in [2.24, 2.45) is 5.73 Å². The average Bonchev–Trinajstić information content (AvgIpc) is 2.29. The van der Waals surface area contributed by atoms with Crippen LogP contribution in [-0.2, 0) is 4.74 Å². The van der Waals surface area contributed by atoms with Crippen molar-refractivity contribution < 1.29 is 4.74 Å². The summed E-state index contributed by atoms with van der Waals surface area (Å²) in [7, 11) is 1.72. The molecule has 1 heterocycles. The van der Waals surface area contributed by atoms with Crippen molar-refractivity contribution in [3.63, 3.8) is 0 Å². The number of rotatable bonds is 7. The summed E-state index contributed by atoms with van der Waals surface area (Å²) in [6.45, 7) is 5.42. The quantitative estimate of drug-likeness (QED) is 0.760. The molecule has 4 heteroatoms. The molecule has 4 nitrogen and oxygen atoms in total. The standard InChI is InChI=1S/C13H23N3O/c1-10-6-7-13(11(2)15-10)16-12(9-17-3)5-4-8-14/h6-7,12,16H,4-5,8-9,14H2,1-3H3. The van der Waals surface area contributed by atoms with Crippen molar-refractivity contribution in [3.05, 3.63) is 23.5 Å². The van der Waals surface area contributed by atoms with Gasteiger partial charge in [-0.15, -0.1) is 0 Å². The smallest absolute Gasteiger partial charge is 0.0664 e. The van der Waals surface area contributed by atoms with E-state index >= 15 is 0 Å². The highest BCUT2D eigenvalue weighted by Crippen LogP contribution is 2.15. The van der Waals surface area contributed by atoms with Gasteiger partial charge in [0.15, 0.2) is 0 Å². The van der Waals surface area contributed by atoms with E-state index in [2.05, 4.69) is 16.4 Å². The number of aromatic nitrogens is 1. The van der Waals surface area contributed by atoms with Crippen molar-refractivity contribution in [1.82, 2.24) is 4.98 Å². The van der Waals surface area contributed by atoms with Crippen molar-refractivity contribution in [2.45, 2.75) is 32.7 Å². The molecule has 1 atom stereocenters. The molecule has 0 bridgehead atoms. The maximum absolute atomic E-state index is 5.54. The third-order valence-corrected chi connectivity index (χ3v) is 2.71. The Morgan fingerprint density at radius 1 is 1.41 bits per heavy atom. The number of anilines is 1. The van der Waals surface area contributed by atoms with Gasteiger partial charge in [0.1, 0.15) is 0 Å². The zero-order valence-electron chi connectivity index (χ0n) is 11.0. The Labute approximate surface area is 104 Å². The first kappa shape index (κ1) is 13.9. The SMILES string of the molecule is COCC(CCCN)Nc1ccc(C)nc1C. The molecule has 0 aliphatic rings. The van der Waals surface area contributed by atoms with E-state index in [1.54, 1.807) is 7.11 Å². The second-order valence-electron chi connectivity index (χ2n) is 4.31. The highest BCUT2D eigenvalue weighted by molar-refractivity contribution is 5.48. The van der Waals surface area contributed by atoms with E-state index in [-0.39, 0.29) is 0 Å². The van der Waals surface area contributed by atoms with Crippen LogP contribution in [0.2, 0.25) is 0 Å². The third kappa shape index (κ3) is 4.71. The molecule has 0 radical (unpaired) electrons. The second kappa shape index (κ2) is 7.25. The number of nitrogens with two attached hydrogens (primary N) is 1. The van der Waals surface area contributed by atoms with E-state index in [4.69, 9.17) is 10.5 Å². The summed E-state index contributed by atoms with van der Waals surface area (Å²) in [6.07, 6.45) is 2.01. The predicted molar refractivity (Wildman–Crippen MR) is 71.3 cm³/mol. The minimum absolute atomic E-state index is 0.298. The van der Waals surface area contributed by atoms with Crippen molar-refractivity contribution in [3.8, 4) is 0 Å². The molecule has 0 aliphatic heterocycles. The molecule has 1 rings (SSSR count). The van der Waals surface area contributed by atoms with Crippen LogP contribution in [0.25, 0.3) is 0 Å². The van der Waals surface area contributed by atoms with Crippen LogP contribution in [0.3, 0.4) is 0 Å². The maximum Gasteiger partial charge on any atom is 0.0664 e. The summed E-state index contributed by atoms with van der Waals surface area (Å²) in [5, 5.41) is 3.47. The van der Waals surface area contributed by atoms with Gasteiger partial charge in [-0.05, 0) is 45.4 Å². The van der Waals surface area contributed by atoms with E-state index in [9.17, 15) is 0 Å². The van der Waals surface area contributed by atoms with E-state index in [0.717, 1.165) is 29.9 Å². The van der Waals surface area contributed by atoms with Gasteiger partial charge >= 0.3 is 0 Å². The number of pyridine rings is 1. The molecule has 1 aromatic rings. The van der Waals surface area contributed by atoms with Crippen LogP contribution in [0, 0.1) is 13.8 Å². The number of nitrogens with one attached hydrogen (secondary N) is 1. The predicted octanol–water partition coefficient (Wildman–Crippen LogP) is 1.86. The number of methoxy groups -OCH3 is 1. The molecule has 0 aliphatic carbocycles. The lowest BCUT2D eigenvalue weighted by Gasteiger charge is -2.20. The highest BCUT2D eigenvalue weighted by Gasteiger charge is 2.09. The number of ether oxygens (including phenoxy) is 1. The van der Waals surface area contributed by atoms with Crippen molar-refractivity contribution in [2.75, 3.05) is 25.6 Å². The van der Waals surface area contributed by atoms with Gasteiger partial charge < -0.3 is 15.8 Å². The van der Waals surface area contributed by atoms with Gasteiger partial charge in [-0.25, -0.2) is 0 Å². The van der Waals surface area contributed by atoms with Crippen LogP contribution in [0.1, 0.15) is 24.2 Å². The van der Waals surface area contributed by atoms with Gasteiger partial charge in [0.2, 0.25) is 0 Å². The molecule has 0 fully saturated rings. The molecule has 1 aromatic heterocycles. The van der Waals surface area contributed by atoms with Crippen molar-refractivity contribution in [1.29, 1.82) is 0 Å². The van der Waals surface area contributed by atoms with E-state index in [1.165, 1.54) is 0 Å². The van der Waals surface area contributed by atoms with Gasteiger partial charge in [0, 0.05) is 18.8 Å². The van der Waals surface area contributed by atoms with Crippen LogP contribution in [-0.4, -0.2) is 31.3 Å². The molecule has 0 aromatic carbocycles. The molecule has 1 unspecified atom stereocenters.